The molecule has 0 unspecified atom stereocenters. The number of anilines is 1. The van der Waals surface area contributed by atoms with Crippen molar-refractivity contribution in [3.63, 3.8) is 0 Å². The van der Waals surface area contributed by atoms with Crippen molar-refractivity contribution in [3.05, 3.63) is 11.1 Å². The van der Waals surface area contributed by atoms with Crippen LogP contribution in [0.5, 0.6) is 0 Å². The lowest BCUT2D eigenvalue weighted by atomic mass is 10.2. The number of thiazole rings is 1. The zero-order valence-corrected chi connectivity index (χ0v) is 13.8. The molecule has 116 valence electrons. The topological polar surface area (TPSA) is 46.6 Å². The average Bonchev–Trinajstić information content (AvgIpc) is 2.88. The van der Waals surface area contributed by atoms with Crippen LogP contribution >= 0.6 is 11.3 Å². The Morgan fingerprint density at radius 1 is 1.30 bits per heavy atom. The van der Waals surface area contributed by atoms with E-state index in [0.717, 1.165) is 44.5 Å². The first-order chi connectivity index (χ1) is 9.67. The second-order valence-electron chi connectivity index (χ2n) is 5.11. The third-order valence-electron chi connectivity index (χ3n) is 2.74. The normalized spacial score (nSPS) is 11.2. The van der Waals surface area contributed by atoms with Crippen LogP contribution in [0.3, 0.4) is 0 Å². The molecular weight excluding hydrogens is 274 g/mol. The number of aromatic nitrogens is 1. The standard InChI is InChI=1S/C14H27N3O2S/c1-12(2)11-17(6-8-19-4)14-16-10-13(20-14)9-15-5-7-18-3/h10,12,15H,5-9,11H2,1-4H3. The molecule has 0 aromatic carbocycles. The number of rotatable bonds is 11. The van der Waals surface area contributed by atoms with Gasteiger partial charge in [-0.05, 0) is 5.92 Å². The van der Waals surface area contributed by atoms with Crippen LogP contribution in [0.4, 0.5) is 5.13 Å². The van der Waals surface area contributed by atoms with Gasteiger partial charge in [0.25, 0.3) is 0 Å². The third kappa shape index (κ3) is 6.65. The maximum Gasteiger partial charge on any atom is 0.185 e. The van der Waals surface area contributed by atoms with Gasteiger partial charge in [-0.25, -0.2) is 4.98 Å². The lowest BCUT2D eigenvalue weighted by molar-refractivity contribution is 0.199. The summed E-state index contributed by atoms with van der Waals surface area (Å²) in [6, 6.07) is 0. The first kappa shape index (κ1) is 17.4. The maximum atomic E-state index is 5.18. The molecule has 20 heavy (non-hydrogen) atoms. The van der Waals surface area contributed by atoms with Crippen molar-refractivity contribution < 1.29 is 9.47 Å². The second-order valence-corrected chi connectivity index (χ2v) is 6.21. The first-order valence-electron chi connectivity index (χ1n) is 7.05. The van der Waals surface area contributed by atoms with Crippen LogP contribution in [0.1, 0.15) is 18.7 Å². The summed E-state index contributed by atoms with van der Waals surface area (Å²) in [6.45, 7) is 9.52. The van der Waals surface area contributed by atoms with E-state index in [1.54, 1.807) is 25.6 Å². The van der Waals surface area contributed by atoms with Crippen molar-refractivity contribution in [3.8, 4) is 0 Å². The summed E-state index contributed by atoms with van der Waals surface area (Å²) in [5.74, 6) is 0.610. The molecule has 0 aliphatic rings. The van der Waals surface area contributed by atoms with Crippen LogP contribution in [0.25, 0.3) is 0 Å². The van der Waals surface area contributed by atoms with E-state index < -0.39 is 0 Å². The van der Waals surface area contributed by atoms with Gasteiger partial charge in [0.2, 0.25) is 0 Å². The van der Waals surface area contributed by atoms with Crippen LogP contribution < -0.4 is 10.2 Å². The van der Waals surface area contributed by atoms with Crippen molar-refractivity contribution in [2.24, 2.45) is 5.92 Å². The van der Waals surface area contributed by atoms with Gasteiger partial charge in [0, 0.05) is 51.5 Å². The fraction of sp³-hybridized carbons (Fsp3) is 0.786. The Kier molecular flexibility index (Phi) is 8.77. The summed E-state index contributed by atoms with van der Waals surface area (Å²) < 4.78 is 10.2. The quantitative estimate of drug-likeness (QED) is 0.633. The van der Waals surface area contributed by atoms with E-state index in [4.69, 9.17) is 9.47 Å². The molecule has 0 amide bonds. The molecule has 5 nitrogen and oxygen atoms in total. The van der Waals surface area contributed by atoms with Gasteiger partial charge in [0.15, 0.2) is 5.13 Å². The molecule has 0 fully saturated rings. The van der Waals surface area contributed by atoms with E-state index in [1.807, 2.05) is 6.20 Å². The van der Waals surface area contributed by atoms with Crippen LogP contribution in [-0.4, -0.2) is 52.1 Å². The molecule has 1 N–H and O–H groups in total. The molecule has 0 spiro atoms. The lowest BCUT2D eigenvalue weighted by Gasteiger charge is -2.23. The number of ether oxygens (including phenoxy) is 2. The summed E-state index contributed by atoms with van der Waals surface area (Å²) in [7, 11) is 3.45. The Balaban J connectivity index is 2.51. The summed E-state index contributed by atoms with van der Waals surface area (Å²) in [5.41, 5.74) is 0. The molecule has 1 aromatic rings. The van der Waals surface area contributed by atoms with Crippen molar-refractivity contribution in [2.45, 2.75) is 20.4 Å². The highest BCUT2D eigenvalue weighted by Crippen LogP contribution is 2.23. The zero-order chi connectivity index (χ0) is 14.8. The van der Waals surface area contributed by atoms with Crippen molar-refractivity contribution in [1.29, 1.82) is 0 Å². The number of hydrogen-bond acceptors (Lipinski definition) is 6. The molecule has 0 aliphatic carbocycles. The van der Waals surface area contributed by atoms with Gasteiger partial charge in [-0.15, -0.1) is 11.3 Å². The third-order valence-corrected chi connectivity index (χ3v) is 3.80. The molecule has 1 aromatic heterocycles. The van der Waals surface area contributed by atoms with Gasteiger partial charge in [-0.1, -0.05) is 13.8 Å². The molecule has 0 saturated carbocycles. The molecule has 1 heterocycles. The average molecular weight is 301 g/mol. The molecule has 0 bridgehead atoms. The predicted molar refractivity (Wildman–Crippen MR) is 84.6 cm³/mol. The highest BCUT2D eigenvalue weighted by atomic mass is 32.1. The minimum atomic E-state index is 0.610. The van der Waals surface area contributed by atoms with Crippen LogP contribution in [-0.2, 0) is 16.0 Å². The fourth-order valence-corrected chi connectivity index (χ4v) is 2.73. The van der Waals surface area contributed by atoms with E-state index in [-0.39, 0.29) is 0 Å². The summed E-state index contributed by atoms with van der Waals surface area (Å²) in [4.78, 5) is 8.09. The van der Waals surface area contributed by atoms with Crippen molar-refractivity contribution >= 4 is 16.5 Å². The van der Waals surface area contributed by atoms with Gasteiger partial charge in [0.1, 0.15) is 0 Å². The van der Waals surface area contributed by atoms with Gasteiger partial charge < -0.3 is 19.7 Å². The Bertz CT molecular complexity index is 358. The van der Waals surface area contributed by atoms with Gasteiger partial charge >= 0.3 is 0 Å². The molecule has 0 saturated heterocycles. The Morgan fingerprint density at radius 2 is 2.05 bits per heavy atom. The molecule has 6 heteroatoms. The summed E-state index contributed by atoms with van der Waals surface area (Å²) >= 11 is 1.75. The molecule has 0 atom stereocenters. The molecule has 0 aliphatic heterocycles. The minimum Gasteiger partial charge on any atom is -0.383 e. The summed E-state index contributed by atoms with van der Waals surface area (Å²) in [5, 5.41) is 4.42. The van der Waals surface area contributed by atoms with Gasteiger partial charge in [-0.2, -0.15) is 0 Å². The highest BCUT2D eigenvalue weighted by Gasteiger charge is 2.12. The smallest absolute Gasteiger partial charge is 0.185 e. The van der Waals surface area contributed by atoms with Crippen molar-refractivity contribution in [1.82, 2.24) is 10.3 Å². The SMILES string of the molecule is COCCNCc1cnc(N(CCOC)CC(C)C)s1. The fourth-order valence-electron chi connectivity index (χ4n) is 1.82. The lowest BCUT2D eigenvalue weighted by Crippen LogP contribution is -2.30. The molecular formula is C14H27N3O2S. The number of hydrogen-bond donors (Lipinski definition) is 1. The maximum absolute atomic E-state index is 5.18. The summed E-state index contributed by atoms with van der Waals surface area (Å²) in [6.07, 6.45) is 1.96. The Labute approximate surface area is 126 Å². The minimum absolute atomic E-state index is 0.610. The van der Waals surface area contributed by atoms with E-state index in [9.17, 15) is 0 Å². The number of nitrogens with one attached hydrogen (secondary N) is 1. The van der Waals surface area contributed by atoms with Crippen LogP contribution in [0.15, 0.2) is 6.20 Å². The van der Waals surface area contributed by atoms with E-state index in [0.29, 0.717) is 5.92 Å². The Morgan fingerprint density at radius 3 is 2.70 bits per heavy atom. The Hall–Kier alpha value is -0.690. The van der Waals surface area contributed by atoms with Gasteiger partial charge in [0.05, 0.1) is 13.2 Å². The van der Waals surface area contributed by atoms with Crippen LogP contribution in [0, 0.1) is 5.92 Å². The second kappa shape index (κ2) is 10.1. The van der Waals surface area contributed by atoms with Crippen molar-refractivity contribution in [2.75, 3.05) is 52.0 Å². The zero-order valence-electron chi connectivity index (χ0n) is 13.0. The number of nitrogens with zero attached hydrogens (tertiary/aromatic N) is 2. The van der Waals surface area contributed by atoms with E-state index >= 15 is 0 Å². The molecule has 1 rings (SSSR count). The monoisotopic (exact) mass is 301 g/mol. The number of methoxy groups -OCH3 is 2. The van der Waals surface area contributed by atoms with Gasteiger partial charge in [-0.3, -0.25) is 0 Å². The van der Waals surface area contributed by atoms with Crippen LogP contribution in [0.2, 0.25) is 0 Å². The largest absolute Gasteiger partial charge is 0.383 e. The molecule has 0 radical (unpaired) electrons. The van der Waals surface area contributed by atoms with E-state index in [1.165, 1.54) is 4.88 Å². The first-order valence-corrected chi connectivity index (χ1v) is 7.87. The highest BCUT2D eigenvalue weighted by molar-refractivity contribution is 7.15. The predicted octanol–water partition coefficient (Wildman–Crippen LogP) is 1.99. The van der Waals surface area contributed by atoms with E-state index in [2.05, 4.69) is 29.0 Å².